The lowest BCUT2D eigenvalue weighted by Gasteiger charge is -2.12. The summed E-state index contributed by atoms with van der Waals surface area (Å²) in [5.74, 6) is -11.7. The number of carbonyl (C=O) groups is 2. The van der Waals surface area contributed by atoms with Gasteiger partial charge in [-0.2, -0.15) is 0 Å². The second kappa shape index (κ2) is 5.89. The van der Waals surface area contributed by atoms with Gasteiger partial charge in [-0.05, 0) is 6.42 Å². The number of halogens is 4. The Labute approximate surface area is 111 Å². The molecule has 1 N–H and O–H groups in total. The zero-order valence-electron chi connectivity index (χ0n) is 10.5. The number of rotatable bonds is 4. The fourth-order valence-corrected chi connectivity index (χ4v) is 1.53. The zero-order valence-corrected chi connectivity index (χ0v) is 10.5. The minimum absolute atomic E-state index is 0.762. The topological polar surface area (TPSA) is 63.6 Å². The van der Waals surface area contributed by atoms with E-state index in [1.807, 2.05) is 0 Å². The molecule has 1 unspecified atom stereocenters. The SMILES string of the molecule is COC(=O)c1c(F)c(F)c(CC(C)C(=O)O)c(F)c1F. The van der Waals surface area contributed by atoms with Crippen molar-refractivity contribution in [2.75, 3.05) is 7.11 Å². The Kier molecular flexibility index (Phi) is 4.69. The maximum absolute atomic E-state index is 13.6. The largest absolute Gasteiger partial charge is 0.481 e. The third-order valence-electron chi connectivity index (χ3n) is 2.68. The van der Waals surface area contributed by atoms with E-state index in [4.69, 9.17) is 5.11 Å². The van der Waals surface area contributed by atoms with Crippen molar-refractivity contribution >= 4 is 11.9 Å². The maximum atomic E-state index is 13.6. The molecule has 4 nitrogen and oxygen atoms in total. The van der Waals surface area contributed by atoms with Crippen LogP contribution in [-0.2, 0) is 16.0 Å². The van der Waals surface area contributed by atoms with Crippen LogP contribution in [0, 0.1) is 29.2 Å². The van der Waals surface area contributed by atoms with E-state index in [0.717, 1.165) is 14.0 Å². The highest BCUT2D eigenvalue weighted by Gasteiger charge is 2.31. The standard InChI is InChI=1S/C12H10F4O4/c1-4(11(17)18)3-5-7(13)9(15)6(12(19)20-2)10(16)8(5)14/h4H,3H2,1-2H3,(H,17,18). The number of esters is 1. The van der Waals surface area contributed by atoms with Gasteiger partial charge < -0.3 is 9.84 Å². The van der Waals surface area contributed by atoms with Crippen molar-refractivity contribution in [1.29, 1.82) is 0 Å². The monoisotopic (exact) mass is 294 g/mol. The number of methoxy groups -OCH3 is 1. The first-order chi connectivity index (χ1) is 9.22. The van der Waals surface area contributed by atoms with E-state index >= 15 is 0 Å². The molecule has 1 aromatic carbocycles. The summed E-state index contributed by atoms with van der Waals surface area (Å²) < 4.78 is 58.4. The Morgan fingerprint density at radius 2 is 1.55 bits per heavy atom. The molecule has 1 aromatic rings. The summed E-state index contributed by atoms with van der Waals surface area (Å²) in [5.41, 5.74) is -2.56. The van der Waals surface area contributed by atoms with Gasteiger partial charge in [0.2, 0.25) is 0 Å². The number of carbonyl (C=O) groups excluding carboxylic acids is 1. The van der Waals surface area contributed by atoms with E-state index in [-0.39, 0.29) is 0 Å². The van der Waals surface area contributed by atoms with Crippen molar-refractivity contribution in [3.63, 3.8) is 0 Å². The van der Waals surface area contributed by atoms with Crippen LogP contribution in [0.3, 0.4) is 0 Å². The lowest BCUT2D eigenvalue weighted by atomic mass is 9.98. The summed E-state index contributed by atoms with van der Waals surface area (Å²) in [6, 6.07) is 0. The van der Waals surface area contributed by atoms with E-state index in [2.05, 4.69) is 4.74 Å². The quantitative estimate of drug-likeness (QED) is 0.526. The van der Waals surface area contributed by atoms with Gasteiger partial charge in [0.1, 0.15) is 5.56 Å². The van der Waals surface area contributed by atoms with Gasteiger partial charge in [0, 0.05) is 5.56 Å². The molecule has 0 aliphatic rings. The Morgan fingerprint density at radius 3 is 1.90 bits per heavy atom. The molecule has 0 saturated heterocycles. The third-order valence-corrected chi connectivity index (χ3v) is 2.68. The normalized spacial score (nSPS) is 12.1. The number of benzene rings is 1. The van der Waals surface area contributed by atoms with Gasteiger partial charge in [0.15, 0.2) is 23.3 Å². The first-order valence-corrected chi connectivity index (χ1v) is 5.38. The van der Waals surface area contributed by atoms with Crippen molar-refractivity contribution in [2.24, 2.45) is 5.92 Å². The van der Waals surface area contributed by atoms with E-state index in [1.54, 1.807) is 0 Å². The summed E-state index contributed by atoms with van der Waals surface area (Å²) in [4.78, 5) is 21.7. The molecule has 0 aliphatic carbocycles. The first-order valence-electron chi connectivity index (χ1n) is 5.38. The minimum atomic E-state index is -1.91. The van der Waals surface area contributed by atoms with Crippen LogP contribution < -0.4 is 0 Å². The molecule has 1 atom stereocenters. The third kappa shape index (κ3) is 2.73. The summed E-state index contributed by atoms with van der Waals surface area (Å²) in [5, 5.41) is 8.64. The summed E-state index contributed by atoms with van der Waals surface area (Å²) in [6.45, 7) is 1.12. The van der Waals surface area contributed by atoms with Crippen molar-refractivity contribution in [2.45, 2.75) is 13.3 Å². The number of carboxylic acids is 1. The molecule has 0 heterocycles. The maximum Gasteiger partial charge on any atom is 0.344 e. The minimum Gasteiger partial charge on any atom is -0.481 e. The first kappa shape index (κ1) is 15.9. The van der Waals surface area contributed by atoms with Crippen LogP contribution in [0.5, 0.6) is 0 Å². The van der Waals surface area contributed by atoms with Gasteiger partial charge in [-0.1, -0.05) is 6.92 Å². The van der Waals surface area contributed by atoms with Crippen molar-refractivity contribution in [3.8, 4) is 0 Å². The van der Waals surface area contributed by atoms with E-state index in [9.17, 15) is 27.2 Å². The van der Waals surface area contributed by atoms with Crippen molar-refractivity contribution in [1.82, 2.24) is 0 Å². The molecule has 8 heteroatoms. The molecule has 0 bridgehead atoms. The molecule has 0 saturated carbocycles. The number of ether oxygens (including phenoxy) is 1. The van der Waals surface area contributed by atoms with Crippen LogP contribution in [0.2, 0.25) is 0 Å². The highest BCUT2D eigenvalue weighted by Crippen LogP contribution is 2.26. The lowest BCUT2D eigenvalue weighted by Crippen LogP contribution is -2.19. The summed E-state index contributed by atoms with van der Waals surface area (Å²) in [6.07, 6.45) is -0.762. The molecule has 0 radical (unpaired) electrons. The number of hydrogen-bond donors (Lipinski definition) is 1. The number of carboxylic acid groups (broad SMARTS) is 1. The zero-order chi connectivity index (χ0) is 15.6. The van der Waals surface area contributed by atoms with Crippen LogP contribution in [0.15, 0.2) is 0 Å². The molecular formula is C12H10F4O4. The molecular weight excluding hydrogens is 284 g/mol. The molecule has 0 aromatic heterocycles. The fraction of sp³-hybridized carbons (Fsp3) is 0.333. The van der Waals surface area contributed by atoms with Gasteiger partial charge in [-0.3, -0.25) is 4.79 Å². The van der Waals surface area contributed by atoms with Gasteiger partial charge in [-0.25, -0.2) is 22.4 Å². The van der Waals surface area contributed by atoms with E-state index < -0.39 is 58.7 Å². The van der Waals surface area contributed by atoms with Crippen molar-refractivity contribution < 1.29 is 37.0 Å². The molecule has 0 amide bonds. The summed E-state index contributed by atoms with van der Waals surface area (Å²) >= 11 is 0. The molecule has 20 heavy (non-hydrogen) atoms. The molecule has 110 valence electrons. The molecule has 1 rings (SSSR count). The Balaban J connectivity index is 3.44. The number of aliphatic carboxylic acids is 1. The van der Waals surface area contributed by atoms with Crippen LogP contribution in [-0.4, -0.2) is 24.2 Å². The van der Waals surface area contributed by atoms with E-state index in [1.165, 1.54) is 0 Å². The second-order valence-corrected chi connectivity index (χ2v) is 4.04. The average Bonchev–Trinajstić information content (AvgIpc) is 2.40. The lowest BCUT2D eigenvalue weighted by molar-refractivity contribution is -0.141. The Morgan fingerprint density at radius 1 is 1.10 bits per heavy atom. The molecule has 0 aliphatic heterocycles. The predicted octanol–water partition coefficient (Wildman–Crippen LogP) is 2.29. The summed E-state index contributed by atoms with van der Waals surface area (Å²) in [7, 11) is 0.789. The molecule has 0 spiro atoms. The highest BCUT2D eigenvalue weighted by atomic mass is 19.2. The number of hydrogen-bond acceptors (Lipinski definition) is 3. The van der Waals surface area contributed by atoms with Gasteiger partial charge in [-0.15, -0.1) is 0 Å². The van der Waals surface area contributed by atoms with E-state index in [0.29, 0.717) is 0 Å². The Bertz CT molecular complexity index is 542. The highest BCUT2D eigenvalue weighted by molar-refractivity contribution is 5.90. The average molecular weight is 294 g/mol. The van der Waals surface area contributed by atoms with Crippen LogP contribution in [0.4, 0.5) is 17.6 Å². The van der Waals surface area contributed by atoms with Gasteiger partial charge in [0.05, 0.1) is 13.0 Å². The van der Waals surface area contributed by atoms with Crippen molar-refractivity contribution in [3.05, 3.63) is 34.4 Å². The van der Waals surface area contributed by atoms with Gasteiger partial charge in [0.25, 0.3) is 0 Å². The predicted molar refractivity (Wildman–Crippen MR) is 58.1 cm³/mol. The van der Waals surface area contributed by atoms with Crippen LogP contribution in [0.25, 0.3) is 0 Å². The fourth-order valence-electron chi connectivity index (χ4n) is 1.53. The van der Waals surface area contributed by atoms with Crippen LogP contribution in [0.1, 0.15) is 22.8 Å². The van der Waals surface area contributed by atoms with Gasteiger partial charge >= 0.3 is 11.9 Å². The molecule has 0 fully saturated rings. The second-order valence-electron chi connectivity index (χ2n) is 4.04. The van der Waals surface area contributed by atoms with Crippen LogP contribution >= 0.6 is 0 Å². The Hall–Kier alpha value is -2.12. The smallest absolute Gasteiger partial charge is 0.344 e.